The Bertz CT molecular complexity index is 344. The van der Waals surface area contributed by atoms with Crippen LogP contribution in [-0.2, 0) is 14.3 Å². The number of fused-ring (bicyclic) bond motifs is 1. The fourth-order valence-electron chi connectivity index (χ4n) is 3.03. The maximum atomic E-state index is 12.2. The SMILES string of the molecule is CCN1CC[C@@H]2[C@H](C1)OCCN2C(=O)CCOCC(F)F. The Labute approximate surface area is 124 Å². The minimum atomic E-state index is -2.48. The molecule has 122 valence electrons. The van der Waals surface area contributed by atoms with Crippen LogP contribution in [0.15, 0.2) is 0 Å². The lowest BCUT2D eigenvalue weighted by atomic mass is 9.98. The zero-order valence-electron chi connectivity index (χ0n) is 12.5. The molecule has 2 heterocycles. The van der Waals surface area contributed by atoms with Gasteiger partial charge in [-0.3, -0.25) is 4.79 Å². The molecule has 2 aliphatic heterocycles. The number of carbonyl (C=O) groups excluding carboxylic acids is 1. The summed E-state index contributed by atoms with van der Waals surface area (Å²) in [7, 11) is 0. The average Bonchev–Trinajstić information content (AvgIpc) is 2.49. The highest BCUT2D eigenvalue weighted by atomic mass is 19.3. The molecule has 7 heteroatoms. The lowest BCUT2D eigenvalue weighted by molar-refractivity contribution is -0.153. The van der Waals surface area contributed by atoms with E-state index in [1.54, 1.807) is 0 Å². The van der Waals surface area contributed by atoms with E-state index in [9.17, 15) is 13.6 Å². The first-order valence-corrected chi connectivity index (χ1v) is 7.61. The van der Waals surface area contributed by atoms with E-state index < -0.39 is 13.0 Å². The summed E-state index contributed by atoms with van der Waals surface area (Å²) in [4.78, 5) is 16.4. The van der Waals surface area contributed by atoms with E-state index in [4.69, 9.17) is 9.47 Å². The molecule has 0 aromatic carbocycles. The molecule has 0 aromatic rings. The van der Waals surface area contributed by atoms with Crippen molar-refractivity contribution in [3.05, 3.63) is 0 Å². The molecule has 0 aliphatic carbocycles. The molecule has 1 amide bonds. The van der Waals surface area contributed by atoms with Crippen LogP contribution in [0.5, 0.6) is 0 Å². The van der Waals surface area contributed by atoms with Gasteiger partial charge < -0.3 is 19.3 Å². The number of halogens is 2. The van der Waals surface area contributed by atoms with Crippen LogP contribution < -0.4 is 0 Å². The molecule has 0 radical (unpaired) electrons. The van der Waals surface area contributed by atoms with Crippen LogP contribution in [0.4, 0.5) is 8.78 Å². The molecule has 5 nitrogen and oxygen atoms in total. The topological polar surface area (TPSA) is 42.0 Å². The van der Waals surface area contributed by atoms with Crippen LogP contribution in [-0.4, -0.2) is 80.3 Å². The number of carbonyl (C=O) groups is 1. The van der Waals surface area contributed by atoms with Gasteiger partial charge in [0, 0.05) is 19.6 Å². The fourth-order valence-corrected chi connectivity index (χ4v) is 3.03. The van der Waals surface area contributed by atoms with E-state index in [1.807, 2.05) is 4.90 Å². The molecule has 0 spiro atoms. The van der Waals surface area contributed by atoms with Gasteiger partial charge in [0.15, 0.2) is 0 Å². The van der Waals surface area contributed by atoms with Crippen molar-refractivity contribution in [2.24, 2.45) is 0 Å². The molecule has 2 rings (SSSR count). The molecule has 21 heavy (non-hydrogen) atoms. The Morgan fingerprint density at radius 2 is 2.24 bits per heavy atom. The first kappa shape index (κ1) is 16.6. The molecule has 0 unspecified atom stereocenters. The predicted molar refractivity (Wildman–Crippen MR) is 73.4 cm³/mol. The second kappa shape index (κ2) is 8.00. The number of likely N-dealkylation sites (tertiary alicyclic amines) is 1. The molecule has 2 fully saturated rings. The summed E-state index contributed by atoms with van der Waals surface area (Å²) in [6.07, 6.45) is -1.35. The van der Waals surface area contributed by atoms with Crippen LogP contribution in [0.3, 0.4) is 0 Å². The zero-order chi connectivity index (χ0) is 15.2. The summed E-state index contributed by atoms with van der Waals surface area (Å²) >= 11 is 0. The Balaban J connectivity index is 1.80. The molecular formula is C14H24F2N2O3. The molecular weight excluding hydrogens is 282 g/mol. The lowest BCUT2D eigenvalue weighted by Crippen LogP contribution is -2.60. The molecule has 0 aromatic heterocycles. The molecule has 0 bridgehead atoms. The number of likely N-dealkylation sites (N-methyl/N-ethyl adjacent to an activating group) is 1. The van der Waals surface area contributed by atoms with Crippen molar-refractivity contribution >= 4 is 5.91 Å². The third-order valence-electron chi connectivity index (χ3n) is 4.14. The Hall–Kier alpha value is -0.790. The van der Waals surface area contributed by atoms with Gasteiger partial charge in [0.1, 0.15) is 6.61 Å². The minimum absolute atomic E-state index is 0.0208. The third kappa shape index (κ3) is 4.59. The number of hydrogen-bond donors (Lipinski definition) is 0. The van der Waals surface area contributed by atoms with Gasteiger partial charge in [-0.15, -0.1) is 0 Å². The Morgan fingerprint density at radius 1 is 1.43 bits per heavy atom. The second-order valence-corrected chi connectivity index (χ2v) is 5.46. The summed E-state index contributed by atoms with van der Waals surface area (Å²) < 4.78 is 34.5. The van der Waals surface area contributed by atoms with Crippen molar-refractivity contribution in [1.29, 1.82) is 0 Å². The van der Waals surface area contributed by atoms with E-state index >= 15 is 0 Å². The number of piperidine rings is 1. The summed E-state index contributed by atoms with van der Waals surface area (Å²) in [5.74, 6) is -0.0208. The smallest absolute Gasteiger partial charge is 0.261 e. The Kier molecular flexibility index (Phi) is 6.32. The normalized spacial score (nSPS) is 27.0. The number of morpholine rings is 1. The first-order valence-electron chi connectivity index (χ1n) is 7.61. The quantitative estimate of drug-likeness (QED) is 0.686. The van der Waals surface area contributed by atoms with Crippen molar-refractivity contribution in [3.63, 3.8) is 0 Å². The van der Waals surface area contributed by atoms with E-state index in [0.717, 1.165) is 26.1 Å². The highest BCUT2D eigenvalue weighted by Gasteiger charge is 2.38. The largest absolute Gasteiger partial charge is 0.375 e. The number of ether oxygens (including phenoxy) is 2. The molecule has 2 atom stereocenters. The van der Waals surface area contributed by atoms with E-state index in [2.05, 4.69) is 11.8 Å². The summed E-state index contributed by atoms with van der Waals surface area (Å²) in [6.45, 7) is 5.50. The van der Waals surface area contributed by atoms with Crippen LogP contribution in [0.25, 0.3) is 0 Å². The van der Waals surface area contributed by atoms with Gasteiger partial charge in [-0.1, -0.05) is 6.92 Å². The molecule has 0 N–H and O–H groups in total. The average molecular weight is 306 g/mol. The molecule has 0 saturated carbocycles. The maximum absolute atomic E-state index is 12.2. The van der Waals surface area contributed by atoms with Gasteiger partial charge in [-0.2, -0.15) is 0 Å². The van der Waals surface area contributed by atoms with Gasteiger partial charge in [-0.05, 0) is 13.0 Å². The molecule has 2 aliphatic rings. The van der Waals surface area contributed by atoms with Gasteiger partial charge in [0.05, 0.1) is 31.8 Å². The highest BCUT2D eigenvalue weighted by molar-refractivity contribution is 5.76. The maximum Gasteiger partial charge on any atom is 0.261 e. The number of hydrogen-bond acceptors (Lipinski definition) is 4. The number of alkyl halides is 2. The Morgan fingerprint density at radius 3 is 2.95 bits per heavy atom. The summed E-state index contributed by atoms with van der Waals surface area (Å²) in [5.41, 5.74) is 0. The van der Waals surface area contributed by atoms with Crippen LogP contribution in [0.1, 0.15) is 19.8 Å². The van der Waals surface area contributed by atoms with Gasteiger partial charge in [-0.25, -0.2) is 8.78 Å². The van der Waals surface area contributed by atoms with Crippen LogP contribution in [0.2, 0.25) is 0 Å². The van der Waals surface area contributed by atoms with E-state index in [-0.39, 0.29) is 31.1 Å². The second-order valence-electron chi connectivity index (χ2n) is 5.46. The van der Waals surface area contributed by atoms with Crippen molar-refractivity contribution in [3.8, 4) is 0 Å². The monoisotopic (exact) mass is 306 g/mol. The molecule has 2 saturated heterocycles. The van der Waals surface area contributed by atoms with Gasteiger partial charge in [0.2, 0.25) is 5.91 Å². The lowest BCUT2D eigenvalue weighted by Gasteiger charge is -2.46. The van der Waals surface area contributed by atoms with Crippen molar-refractivity contribution in [2.75, 3.05) is 46.0 Å². The summed E-state index contributed by atoms with van der Waals surface area (Å²) in [6, 6.07) is 0.115. The fraction of sp³-hybridized carbons (Fsp3) is 0.929. The predicted octanol–water partition coefficient (Wildman–Crippen LogP) is 0.980. The zero-order valence-corrected chi connectivity index (χ0v) is 12.5. The number of nitrogens with zero attached hydrogens (tertiary/aromatic N) is 2. The van der Waals surface area contributed by atoms with Crippen LogP contribution in [0, 0.1) is 0 Å². The highest BCUT2D eigenvalue weighted by Crippen LogP contribution is 2.23. The minimum Gasteiger partial charge on any atom is -0.375 e. The standard InChI is InChI=1S/C14H24F2N2O3/c1-2-17-5-3-11-12(9-17)21-8-6-18(11)14(19)4-7-20-10-13(15)16/h11-13H,2-10H2,1H3/t11-,12+/m1/s1. The van der Waals surface area contributed by atoms with Crippen molar-refractivity contribution < 1.29 is 23.0 Å². The van der Waals surface area contributed by atoms with Gasteiger partial charge >= 0.3 is 0 Å². The van der Waals surface area contributed by atoms with Crippen molar-refractivity contribution in [1.82, 2.24) is 9.80 Å². The van der Waals surface area contributed by atoms with E-state index in [1.165, 1.54) is 0 Å². The van der Waals surface area contributed by atoms with Gasteiger partial charge in [0.25, 0.3) is 6.43 Å². The van der Waals surface area contributed by atoms with Crippen LogP contribution >= 0.6 is 0 Å². The number of amides is 1. The first-order chi connectivity index (χ1) is 10.1. The third-order valence-corrected chi connectivity index (χ3v) is 4.14. The van der Waals surface area contributed by atoms with Crippen molar-refractivity contribution in [2.45, 2.75) is 38.3 Å². The van der Waals surface area contributed by atoms with E-state index in [0.29, 0.717) is 13.2 Å². The summed E-state index contributed by atoms with van der Waals surface area (Å²) in [5, 5.41) is 0. The number of rotatable bonds is 6.